The average Bonchev–Trinajstić information content (AvgIpc) is 2.35. The average molecular weight is 420 g/mol. The number of halogens is 3. The first kappa shape index (κ1) is 13.5. The molecule has 1 amide bonds. The van der Waals surface area contributed by atoms with Crippen molar-refractivity contribution in [1.82, 2.24) is 0 Å². The summed E-state index contributed by atoms with van der Waals surface area (Å²) in [5, 5.41) is 2.72. The van der Waals surface area contributed by atoms with E-state index in [9.17, 15) is 9.18 Å². The zero-order valence-corrected chi connectivity index (χ0v) is 12.8. The summed E-state index contributed by atoms with van der Waals surface area (Å²) in [7, 11) is 0. The maximum Gasteiger partial charge on any atom is 0.256 e. The smallest absolute Gasteiger partial charge is 0.256 e. The number of rotatable bonds is 2. The number of carbonyl (C=O) groups excluding carboxylic acids is 1. The molecule has 0 saturated heterocycles. The van der Waals surface area contributed by atoms with Gasteiger partial charge in [-0.05, 0) is 65.1 Å². The van der Waals surface area contributed by atoms with Crippen molar-refractivity contribution in [1.29, 1.82) is 0 Å². The minimum Gasteiger partial charge on any atom is -0.322 e. The Hall–Kier alpha value is -0.950. The highest BCUT2D eigenvalue weighted by Gasteiger charge is 2.10. The van der Waals surface area contributed by atoms with E-state index in [0.717, 1.165) is 8.04 Å². The quantitative estimate of drug-likeness (QED) is 0.716. The van der Waals surface area contributed by atoms with Gasteiger partial charge in [-0.2, -0.15) is 0 Å². The molecule has 0 heterocycles. The van der Waals surface area contributed by atoms with Crippen LogP contribution in [0.15, 0.2) is 46.9 Å². The van der Waals surface area contributed by atoms with E-state index in [2.05, 4.69) is 43.8 Å². The van der Waals surface area contributed by atoms with Crippen molar-refractivity contribution in [3.05, 3.63) is 61.9 Å². The van der Waals surface area contributed by atoms with E-state index >= 15 is 0 Å². The van der Waals surface area contributed by atoms with E-state index < -0.39 is 0 Å². The Kier molecular flexibility index (Phi) is 4.34. The summed E-state index contributed by atoms with van der Waals surface area (Å²) < 4.78 is 14.4. The second kappa shape index (κ2) is 5.79. The maximum atomic E-state index is 12.7. The van der Waals surface area contributed by atoms with Gasteiger partial charge in [0.05, 0.1) is 5.56 Å². The van der Waals surface area contributed by atoms with Crippen molar-refractivity contribution < 1.29 is 9.18 Å². The van der Waals surface area contributed by atoms with Gasteiger partial charge in [-0.3, -0.25) is 4.79 Å². The molecule has 0 aliphatic heterocycles. The molecule has 1 N–H and O–H groups in total. The standard InChI is InChI=1S/C13H8BrFINO/c14-8-1-6-12(16)11(7-8)13(18)17-10-4-2-9(15)3-5-10/h1-7H,(H,17,18). The topological polar surface area (TPSA) is 29.1 Å². The summed E-state index contributed by atoms with van der Waals surface area (Å²) in [6.45, 7) is 0. The lowest BCUT2D eigenvalue weighted by Crippen LogP contribution is -2.13. The zero-order chi connectivity index (χ0) is 13.1. The molecule has 2 nitrogen and oxygen atoms in total. The highest BCUT2D eigenvalue weighted by Crippen LogP contribution is 2.20. The predicted molar refractivity (Wildman–Crippen MR) is 81.2 cm³/mol. The fraction of sp³-hybridized carbons (Fsp3) is 0. The molecule has 0 radical (unpaired) electrons. The molecule has 2 rings (SSSR count). The fourth-order valence-corrected chi connectivity index (χ4v) is 2.34. The molecule has 5 heteroatoms. The number of amides is 1. The molecule has 0 unspecified atom stereocenters. The molecule has 0 aromatic heterocycles. The van der Waals surface area contributed by atoms with Gasteiger partial charge in [-0.1, -0.05) is 15.9 Å². The molecule has 0 fully saturated rings. The lowest BCUT2D eigenvalue weighted by Gasteiger charge is -2.07. The highest BCUT2D eigenvalue weighted by atomic mass is 127. The Morgan fingerprint density at radius 2 is 1.83 bits per heavy atom. The van der Waals surface area contributed by atoms with Gasteiger partial charge < -0.3 is 5.32 Å². The Morgan fingerprint density at radius 3 is 2.50 bits per heavy atom. The van der Waals surface area contributed by atoms with Gasteiger partial charge in [0.2, 0.25) is 0 Å². The van der Waals surface area contributed by atoms with Crippen molar-refractivity contribution in [3.8, 4) is 0 Å². The third-order valence-corrected chi connectivity index (χ3v) is 3.71. The number of hydrogen-bond donors (Lipinski definition) is 1. The summed E-state index contributed by atoms with van der Waals surface area (Å²) in [5.41, 5.74) is 1.14. The monoisotopic (exact) mass is 419 g/mol. The lowest BCUT2D eigenvalue weighted by molar-refractivity contribution is 0.102. The predicted octanol–water partition coefficient (Wildman–Crippen LogP) is 4.45. The molecule has 0 aliphatic rings. The van der Waals surface area contributed by atoms with E-state index in [-0.39, 0.29) is 11.7 Å². The van der Waals surface area contributed by atoms with Crippen LogP contribution >= 0.6 is 38.5 Å². The molecule has 0 bridgehead atoms. The Bertz CT molecular complexity index is 586. The first-order chi connectivity index (χ1) is 8.56. The number of benzene rings is 2. The summed E-state index contributed by atoms with van der Waals surface area (Å²) in [4.78, 5) is 12.0. The third-order valence-electron chi connectivity index (χ3n) is 2.28. The van der Waals surface area contributed by atoms with Crippen molar-refractivity contribution in [2.45, 2.75) is 0 Å². The first-order valence-electron chi connectivity index (χ1n) is 5.08. The van der Waals surface area contributed by atoms with E-state index in [0.29, 0.717) is 11.3 Å². The zero-order valence-electron chi connectivity index (χ0n) is 9.08. The third kappa shape index (κ3) is 3.29. The van der Waals surface area contributed by atoms with Gasteiger partial charge in [0.1, 0.15) is 5.82 Å². The summed E-state index contributed by atoms with van der Waals surface area (Å²) >= 11 is 5.43. The number of carbonyl (C=O) groups is 1. The van der Waals surface area contributed by atoms with Crippen LogP contribution in [0.5, 0.6) is 0 Å². The molecule has 0 spiro atoms. The molecule has 0 aliphatic carbocycles. The number of nitrogens with one attached hydrogen (secondary N) is 1. The minimum atomic E-state index is -0.329. The van der Waals surface area contributed by atoms with Crippen LogP contribution in [0, 0.1) is 9.39 Å². The van der Waals surface area contributed by atoms with Crippen LogP contribution in [-0.4, -0.2) is 5.91 Å². The van der Waals surface area contributed by atoms with E-state index in [1.54, 1.807) is 6.07 Å². The molecule has 18 heavy (non-hydrogen) atoms. The van der Waals surface area contributed by atoms with Gasteiger partial charge >= 0.3 is 0 Å². The highest BCUT2D eigenvalue weighted by molar-refractivity contribution is 14.1. The van der Waals surface area contributed by atoms with E-state index in [4.69, 9.17) is 0 Å². The van der Waals surface area contributed by atoms with Crippen molar-refractivity contribution in [3.63, 3.8) is 0 Å². The minimum absolute atomic E-state index is 0.215. The second-order valence-corrected chi connectivity index (χ2v) is 5.66. The van der Waals surface area contributed by atoms with Crippen LogP contribution < -0.4 is 5.32 Å². The summed E-state index contributed by atoms with van der Waals surface area (Å²) in [6, 6.07) is 11.1. The molecule has 0 saturated carbocycles. The molecule has 2 aromatic rings. The van der Waals surface area contributed by atoms with Gasteiger partial charge in [-0.15, -0.1) is 0 Å². The Balaban J connectivity index is 2.21. The Morgan fingerprint density at radius 1 is 1.17 bits per heavy atom. The normalized spacial score (nSPS) is 10.2. The molecular weight excluding hydrogens is 412 g/mol. The second-order valence-electron chi connectivity index (χ2n) is 3.59. The molecule has 92 valence electrons. The van der Waals surface area contributed by atoms with Crippen LogP contribution in [0.2, 0.25) is 0 Å². The van der Waals surface area contributed by atoms with Crippen molar-refractivity contribution >= 4 is 50.1 Å². The first-order valence-corrected chi connectivity index (χ1v) is 6.95. The van der Waals surface area contributed by atoms with Crippen molar-refractivity contribution in [2.75, 3.05) is 5.32 Å². The SMILES string of the molecule is O=C(Nc1ccc(F)cc1)c1cc(Br)ccc1I. The van der Waals surface area contributed by atoms with E-state index in [1.165, 1.54) is 24.3 Å². The summed E-state index contributed by atoms with van der Waals surface area (Å²) in [6.07, 6.45) is 0. The van der Waals surface area contributed by atoms with Crippen LogP contribution in [0.4, 0.5) is 10.1 Å². The van der Waals surface area contributed by atoms with Crippen LogP contribution in [-0.2, 0) is 0 Å². The number of anilines is 1. The van der Waals surface area contributed by atoms with Crippen LogP contribution in [0.3, 0.4) is 0 Å². The van der Waals surface area contributed by atoms with Gasteiger partial charge in [0, 0.05) is 13.7 Å². The Labute approximate surface area is 126 Å². The van der Waals surface area contributed by atoms with Gasteiger partial charge in [-0.25, -0.2) is 4.39 Å². The molecule has 0 atom stereocenters. The van der Waals surface area contributed by atoms with Crippen LogP contribution in [0.1, 0.15) is 10.4 Å². The van der Waals surface area contributed by atoms with Gasteiger partial charge in [0.15, 0.2) is 0 Å². The van der Waals surface area contributed by atoms with Crippen LogP contribution in [0.25, 0.3) is 0 Å². The molecule has 2 aromatic carbocycles. The lowest BCUT2D eigenvalue weighted by atomic mass is 10.2. The maximum absolute atomic E-state index is 12.7. The molecular formula is C13H8BrFINO. The van der Waals surface area contributed by atoms with E-state index in [1.807, 2.05) is 12.1 Å². The van der Waals surface area contributed by atoms with Gasteiger partial charge in [0.25, 0.3) is 5.91 Å². The summed E-state index contributed by atoms with van der Waals surface area (Å²) in [5.74, 6) is -0.544. The number of hydrogen-bond acceptors (Lipinski definition) is 1. The largest absolute Gasteiger partial charge is 0.322 e. The fourth-order valence-electron chi connectivity index (χ4n) is 1.40. The van der Waals surface area contributed by atoms with Crippen molar-refractivity contribution in [2.24, 2.45) is 0 Å².